The molecule has 0 aliphatic rings. The van der Waals surface area contributed by atoms with E-state index in [4.69, 9.17) is 4.65 Å². The molecule has 1 atom stereocenters. The van der Waals surface area contributed by atoms with Crippen molar-refractivity contribution in [3.05, 3.63) is 48.0 Å². The average Bonchev–Trinajstić information content (AvgIpc) is 2.25. The largest absolute Gasteiger partial charge is 0.427 e. The number of rotatable bonds is 6. The van der Waals surface area contributed by atoms with Gasteiger partial charge >= 0.3 is 7.62 Å². The maximum Gasteiger partial charge on any atom is 0.396 e. The molecule has 79 valence electrons. The molecule has 0 saturated carbocycles. The maximum atomic E-state index is 4.91. The first-order valence-electron chi connectivity index (χ1n) is 5.04. The van der Waals surface area contributed by atoms with Crippen LogP contribution in [0.15, 0.2) is 42.5 Å². The monoisotopic (exact) mass is 202 g/mol. The van der Waals surface area contributed by atoms with E-state index in [2.05, 4.69) is 23.9 Å². The first kappa shape index (κ1) is 12.0. The summed E-state index contributed by atoms with van der Waals surface area (Å²) in [5.74, 6) is 0. The van der Waals surface area contributed by atoms with Crippen molar-refractivity contribution in [3.8, 4) is 0 Å². The van der Waals surface area contributed by atoms with Crippen molar-refractivity contribution in [2.45, 2.75) is 19.4 Å². The lowest BCUT2D eigenvalue weighted by molar-refractivity contribution is 0.420. The van der Waals surface area contributed by atoms with Crippen LogP contribution < -0.4 is 5.23 Å². The van der Waals surface area contributed by atoms with Crippen molar-refractivity contribution < 1.29 is 4.65 Å². The van der Waals surface area contributed by atoms with Gasteiger partial charge in [0.2, 0.25) is 0 Å². The molecule has 0 aliphatic heterocycles. The molecule has 0 saturated heterocycles. The Bertz CT molecular complexity index is 300. The summed E-state index contributed by atoms with van der Waals surface area (Å²) in [6.45, 7) is 5.97. The summed E-state index contributed by atoms with van der Waals surface area (Å²) in [6.07, 6.45) is 0.907. The minimum atomic E-state index is 0.239. The first-order chi connectivity index (χ1) is 7.24. The molecule has 1 aromatic carbocycles. The van der Waals surface area contributed by atoms with E-state index in [0.717, 1.165) is 12.0 Å². The zero-order valence-corrected chi connectivity index (χ0v) is 9.36. The van der Waals surface area contributed by atoms with E-state index in [1.54, 1.807) is 14.7 Å². The second-order valence-corrected chi connectivity index (χ2v) is 3.64. The molecule has 1 aromatic rings. The van der Waals surface area contributed by atoms with Crippen LogP contribution in [0, 0.1) is 0 Å². The van der Waals surface area contributed by atoms with E-state index >= 15 is 0 Å². The molecule has 15 heavy (non-hydrogen) atoms. The molecule has 0 spiro atoms. The second-order valence-electron chi connectivity index (χ2n) is 3.64. The smallest absolute Gasteiger partial charge is 0.396 e. The fourth-order valence-electron chi connectivity index (χ4n) is 1.46. The second kappa shape index (κ2) is 6.43. The number of hydrogen-bond acceptors (Lipinski definition) is 2. The van der Waals surface area contributed by atoms with E-state index in [-0.39, 0.29) is 6.04 Å². The van der Waals surface area contributed by atoms with Crippen molar-refractivity contribution >= 4 is 7.62 Å². The van der Waals surface area contributed by atoms with Crippen molar-refractivity contribution in [2.24, 2.45) is 0 Å². The number of nitrogens with one attached hydrogen (secondary N) is 1. The lowest BCUT2D eigenvalue weighted by Gasteiger charge is -2.18. The van der Waals surface area contributed by atoms with Gasteiger partial charge in [-0.1, -0.05) is 35.9 Å². The van der Waals surface area contributed by atoms with Gasteiger partial charge in [0.1, 0.15) is 0 Å². The van der Waals surface area contributed by atoms with E-state index in [9.17, 15) is 0 Å². The van der Waals surface area contributed by atoms with Gasteiger partial charge in [0.15, 0.2) is 0 Å². The highest BCUT2D eigenvalue weighted by Gasteiger charge is 2.10. The van der Waals surface area contributed by atoms with Gasteiger partial charge in [-0.3, -0.25) is 0 Å². The standard InChI is InChI=1S/C12H17BNO/c1-10(2)9-12(14-13-15-3)11-7-5-4-6-8-11/h4-8,12,14H,1,9H2,2-3H3/t12-/m0/s1. The fourth-order valence-corrected chi connectivity index (χ4v) is 1.46. The molecule has 0 fully saturated rings. The quantitative estimate of drug-likeness (QED) is 0.565. The highest BCUT2D eigenvalue weighted by molar-refractivity contribution is 6.23. The van der Waals surface area contributed by atoms with Crippen molar-refractivity contribution in [2.75, 3.05) is 7.11 Å². The van der Waals surface area contributed by atoms with Crippen LogP contribution in [0.4, 0.5) is 0 Å². The molecule has 1 radical (unpaired) electrons. The third kappa shape index (κ3) is 4.32. The van der Waals surface area contributed by atoms with E-state index in [1.165, 1.54) is 5.56 Å². The summed E-state index contributed by atoms with van der Waals surface area (Å²) < 4.78 is 4.91. The van der Waals surface area contributed by atoms with Crippen LogP contribution in [0.1, 0.15) is 24.9 Å². The molecular formula is C12H17BNO. The molecule has 0 heterocycles. The van der Waals surface area contributed by atoms with Gasteiger partial charge in [-0.2, -0.15) is 0 Å². The summed E-state index contributed by atoms with van der Waals surface area (Å²) in [6, 6.07) is 10.5. The summed E-state index contributed by atoms with van der Waals surface area (Å²) in [5.41, 5.74) is 2.40. The molecular weight excluding hydrogens is 185 g/mol. The van der Waals surface area contributed by atoms with Crippen LogP contribution in [-0.4, -0.2) is 14.7 Å². The van der Waals surface area contributed by atoms with Crippen LogP contribution in [0.25, 0.3) is 0 Å². The fraction of sp³-hybridized carbons (Fsp3) is 0.333. The van der Waals surface area contributed by atoms with Crippen LogP contribution in [0.2, 0.25) is 0 Å². The Morgan fingerprint density at radius 3 is 2.67 bits per heavy atom. The van der Waals surface area contributed by atoms with Gasteiger partial charge in [0.25, 0.3) is 0 Å². The molecule has 0 unspecified atom stereocenters. The normalized spacial score (nSPS) is 12.1. The maximum absolute atomic E-state index is 4.91. The van der Waals surface area contributed by atoms with E-state index < -0.39 is 0 Å². The Kier molecular flexibility index (Phi) is 5.15. The van der Waals surface area contributed by atoms with Crippen molar-refractivity contribution in [1.29, 1.82) is 0 Å². The van der Waals surface area contributed by atoms with Crippen molar-refractivity contribution in [1.82, 2.24) is 5.23 Å². The molecule has 3 heteroatoms. The van der Waals surface area contributed by atoms with E-state index in [1.807, 2.05) is 25.1 Å². The lowest BCUT2D eigenvalue weighted by Crippen LogP contribution is -2.26. The summed E-state index contributed by atoms with van der Waals surface area (Å²) in [4.78, 5) is 0. The predicted molar refractivity (Wildman–Crippen MR) is 64.5 cm³/mol. The Balaban J connectivity index is 2.67. The Morgan fingerprint density at radius 1 is 1.47 bits per heavy atom. The summed E-state index contributed by atoms with van der Waals surface area (Å²) >= 11 is 0. The zero-order valence-electron chi connectivity index (χ0n) is 9.36. The molecule has 0 bridgehead atoms. The van der Waals surface area contributed by atoms with Crippen molar-refractivity contribution in [3.63, 3.8) is 0 Å². The van der Waals surface area contributed by atoms with E-state index in [0.29, 0.717) is 0 Å². The summed E-state index contributed by atoms with van der Waals surface area (Å²) in [5, 5.41) is 3.21. The first-order valence-corrected chi connectivity index (χ1v) is 5.04. The minimum absolute atomic E-state index is 0.239. The van der Waals surface area contributed by atoms with Gasteiger partial charge in [-0.05, 0) is 18.9 Å². The van der Waals surface area contributed by atoms with Crippen LogP contribution in [0.3, 0.4) is 0 Å². The summed E-state index contributed by atoms with van der Waals surface area (Å²) in [7, 11) is 3.25. The highest BCUT2D eigenvalue weighted by atomic mass is 16.4. The molecule has 0 aliphatic carbocycles. The van der Waals surface area contributed by atoms with Gasteiger partial charge in [-0.15, -0.1) is 6.58 Å². The topological polar surface area (TPSA) is 21.3 Å². The third-order valence-electron chi connectivity index (χ3n) is 2.14. The molecule has 1 rings (SSSR count). The SMILES string of the molecule is C=C(C)C[C@H](N[B]OC)c1ccccc1. The molecule has 2 nitrogen and oxygen atoms in total. The zero-order chi connectivity index (χ0) is 11.1. The van der Waals surface area contributed by atoms with Crippen LogP contribution in [-0.2, 0) is 4.65 Å². The predicted octanol–water partition coefficient (Wildman–Crippen LogP) is 2.46. The van der Waals surface area contributed by atoms with Gasteiger partial charge in [-0.25, -0.2) is 0 Å². The molecule has 1 N–H and O–H groups in total. The van der Waals surface area contributed by atoms with Crippen LogP contribution in [0.5, 0.6) is 0 Å². The number of benzene rings is 1. The van der Waals surface area contributed by atoms with Gasteiger partial charge < -0.3 is 9.88 Å². The average molecular weight is 202 g/mol. The third-order valence-corrected chi connectivity index (χ3v) is 2.14. The van der Waals surface area contributed by atoms with Gasteiger partial charge in [0, 0.05) is 13.2 Å². The minimum Gasteiger partial charge on any atom is -0.427 e. The molecule has 0 amide bonds. The van der Waals surface area contributed by atoms with Crippen LogP contribution >= 0.6 is 0 Å². The lowest BCUT2D eigenvalue weighted by atomic mass is 9.98. The Morgan fingerprint density at radius 2 is 2.13 bits per heavy atom. The van der Waals surface area contributed by atoms with Gasteiger partial charge in [0.05, 0.1) is 0 Å². The highest BCUT2D eigenvalue weighted by Crippen LogP contribution is 2.19. The molecule has 0 aromatic heterocycles. The Labute approximate surface area is 92.6 Å². The Hall–Kier alpha value is -1.06. The number of hydrogen-bond donors (Lipinski definition) is 1.